The van der Waals surface area contributed by atoms with Gasteiger partial charge in [0.2, 0.25) is 0 Å². The Morgan fingerprint density at radius 2 is 1.57 bits per heavy atom. The molecule has 0 heterocycles. The summed E-state index contributed by atoms with van der Waals surface area (Å²) < 4.78 is 29.9. The molecule has 0 aliphatic heterocycles. The van der Waals surface area contributed by atoms with E-state index in [9.17, 15) is 8.42 Å². The minimum absolute atomic E-state index is 0.0642. The fourth-order valence-electron chi connectivity index (χ4n) is 2.56. The summed E-state index contributed by atoms with van der Waals surface area (Å²) in [5, 5.41) is 7.21. The second-order valence-corrected chi connectivity index (χ2v) is 6.98. The highest BCUT2D eigenvalue weighted by atomic mass is 32.2. The molecule has 1 aromatic carbocycles. The molecule has 2 rings (SSSR count). The average Bonchev–Trinajstić information content (AvgIpc) is 2.47. The van der Waals surface area contributed by atoms with E-state index < -0.39 is 28.3 Å². The zero-order chi connectivity index (χ0) is 16.9. The molecule has 0 spiro atoms. The molecule has 0 amide bonds. The van der Waals surface area contributed by atoms with Crippen molar-refractivity contribution < 1.29 is 12.6 Å². The van der Waals surface area contributed by atoms with Crippen LogP contribution in [0.4, 0.5) is 0 Å². The van der Waals surface area contributed by atoms with Gasteiger partial charge < -0.3 is 0 Å². The highest BCUT2D eigenvalue weighted by molar-refractivity contribution is 7.86. The Kier molecular flexibility index (Phi) is 5.46. The van der Waals surface area contributed by atoms with Crippen LogP contribution in [0.2, 0.25) is 0 Å². The van der Waals surface area contributed by atoms with Gasteiger partial charge in [-0.15, -0.1) is 0 Å². The first-order valence-electron chi connectivity index (χ1n) is 7.03. The first kappa shape index (κ1) is 17.1. The van der Waals surface area contributed by atoms with Crippen molar-refractivity contribution in [3.8, 4) is 0 Å². The number of azide groups is 2. The van der Waals surface area contributed by atoms with Crippen LogP contribution < -0.4 is 0 Å². The van der Waals surface area contributed by atoms with Crippen LogP contribution in [-0.2, 0) is 14.3 Å². The predicted octanol–water partition coefficient (Wildman–Crippen LogP) is 3.61. The van der Waals surface area contributed by atoms with Gasteiger partial charge in [0.1, 0.15) is 0 Å². The Hall–Kier alpha value is -2.25. The minimum atomic E-state index is -3.92. The quantitative estimate of drug-likeness (QED) is 0.351. The number of hydrogen-bond donors (Lipinski definition) is 0. The van der Waals surface area contributed by atoms with Gasteiger partial charge in [-0.05, 0) is 49.4 Å². The number of hydrogen-bond acceptors (Lipinski definition) is 5. The SMILES string of the molecule is Cc1ccc(S(=O)(=O)OC2C[C@@H](N=[N+]=[N-])C[C@@H](N=[N+]=[N-])C2)cc1. The maximum absolute atomic E-state index is 12.3. The minimum Gasteiger partial charge on any atom is -0.263 e. The van der Waals surface area contributed by atoms with Crippen molar-refractivity contribution >= 4 is 10.1 Å². The van der Waals surface area contributed by atoms with Crippen LogP contribution in [0.3, 0.4) is 0 Å². The Morgan fingerprint density at radius 1 is 1.04 bits per heavy atom. The van der Waals surface area contributed by atoms with E-state index in [1.165, 1.54) is 12.1 Å². The van der Waals surface area contributed by atoms with Gasteiger partial charge in [-0.3, -0.25) is 4.18 Å². The van der Waals surface area contributed by atoms with E-state index in [4.69, 9.17) is 15.2 Å². The molecule has 1 aliphatic rings. The molecule has 0 radical (unpaired) electrons. The lowest BCUT2D eigenvalue weighted by molar-refractivity contribution is 0.140. The molecule has 23 heavy (non-hydrogen) atoms. The second-order valence-electron chi connectivity index (χ2n) is 5.41. The van der Waals surface area contributed by atoms with E-state index in [-0.39, 0.29) is 17.7 Å². The first-order valence-corrected chi connectivity index (χ1v) is 8.44. The zero-order valence-corrected chi connectivity index (χ0v) is 13.3. The van der Waals surface area contributed by atoms with Gasteiger partial charge in [0, 0.05) is 21.9 Å². The molecular weight excluding hydrogens is 320 g/mol. The van der Waals surface area contributed by atoms with Crippen LogP contribution in [-0.4, -0.2) is 26.6 Å². The summed E-state index contributed by atoms with van der Waals surface area (Å²) >= 11 is 0. The Balaban J connectivity index is 2.17. The van der Waals surface area contributed by atoms with Crippen molar-refractivity contribution in [2.45, 2.75) is 49.3 Å². The molecule has 1 saturated carbocycles. The first-order chi connectivity index (χ1) is 10.9. The van der Waals surface area contributed by atoms with Crippen LogP contribution in [0.1, 0.15) is 24.8 Å². The van der Waals surface area contributed by atoms with E-state index >= 15 is 0 Å². The Labute approximate surface area is 133 Å². The van der Waals surface area contributed by atoms with Gasteiger partial charge in [0.15, 0.2) is 0 Å². The summed E-state index contributed by atoms with van der Waals surface area (Å²) in [5.41, 5.74) is 18.0. The summed E-state index contributed by atoms with van der Waals surface area (Å²) in [6, 6.07) is 5.41. The van der Waals surface area contributed by atoms with Crippen LogP contribution in [0.25, 0.3) is 20.9 Å². The third-order valence-corrected chi connectivity index (χ3v) is 4.99. The summed E-state index contributed by atoms with van der Waals surface area (Å²) in [4.78, 5) is 5.54. The van der Waals surface area contributed by atoms with Crippen molar-refractivity contribution in [1.82, 2.24) is 0 Å². The van der Waals surface area contributed by atoms with Gasteiger partial charge >= 0.3 is 0 Å². The molecule has 0 N–H and O–H groups in total. The van der Waals surface area contributed by atoms with Crippen LogP contribution in [0.5, 0.6) is 0 Å². The lowest BCUT2D eigenvalue weighted by Crippen LogP contribution is -2.34. The van der Waals surface area contributed by atoms with E-state index in [1.807, 2.05) is 6.92 Å². The zero-order valence-electron chi connectivity index (χ0n) is 12.5. The molecule has 122 valence electrons. The maximum atomic E-state index is 12.3. The molecule has 10 heteroatoms. The van der Waals surface area contributed by atoms with Gasteiger partial charge in [-0.25, -0.2) is 0 Å². The molecule has 0 bridgehead atoms. The summed E-state index contributed by atoms with van der Waals surface area (Å²) in [6.45, 7) is 1.85. The van der Waals surface area contributed by atoms with E-state index in [0.29, 0.717) is 6.42 Å². The average molecular weight is 336 g/mol. The molecule has 9 nitrogen and oxygen atoms in total. The fraction of sp³-hybridized carbons (Fsp3) is 0.538. The van der Waals surface area contributed by atoms with Crippen LogP contribution in [0.15, 0.2) is 39.4 Å². The molecule has 0 aromatic heterocycles. The van der Waals surface area contributed by atoms with E-state index in [0.717, 1.165) is 5.56 Å². The van der Waals surface area contributed by atoms with Gasteiger partial charge in [0.25, 0.3) is 10.1 Å². The van der Waals surface area contributed by atoms with Crippen LogP contribution >= 0.6 is 0 Å². The van der Waals surface area contributed by atoms with Gasteiger partial charge in [0.05, 0.1) is 11.0 Å². The van der Waals surface area contributed by atoms with E-state index in [1.54, 1.807) is 12.1 Å². The third-order valence-electron chi connectivity index (χ3n) is 3.62. The van der Waals surface area contributed by atoms with Gasteiger partial charge in [-0.1, -0.05) is 27.9 Å². The molecule has 3 atom stereocenters. The van der Waals surface area contributed by atoms with Crippen molar-refractivity contribution in [1.29, 1.82) is 0 Å². The van der Waals surface area contributed by atoms with Crippen molar-refractivity contribution in [2.24, 2.45) is 10.2 Å². The molecule has 1 aromatic rings. The maximum Gasteiger partial charge on any atom is 0.297 e. The summed E-state index contributed by atoms with van der Waals surface area (Å²) in [7, 11) is -3.92. The lowest BCUT2D eigenvalue weighted by atomic mass is 9.90. The predicted molar refractivity (Wildman–Crippen MR) is 83.0 cm³/mol. The Bertz CT molecular complexity index is 724. The highest BCUT2D eigenvalue weighted by Gasteiger charge is 2.32. The smallest absolute Gasteiger partial charge is 0.263 e. The van der Waals surface area contributed by atoms with Crippen molar-refractivity contribution in [3.63, 3.8) is 0 Å². The lowest BCUT2D eigenvalue weighted by Gasteiger charge is -2.29. The Morgan fingerprint density at radius 3 is 2.04 bits per heavy atom. The molecule has 0 saturated heterocycles. The van der Waals surface area contributed by atoms with Gasteiger partial charge in [-0.2, -0.15) is 8.42 Å². The largest absolute Gasteiger partial charge is 0.297 e. The number of nitrogens with zero attached hydrogens (tertiary/aromatic N) is 6. The molecule has 1 unspecified atom stereocenters. The van der Waals surface area contributed by atoms with E-state index in [2.05, 4.69) is 20.1 Å². The fourth-order valence-corrected chi connectivity index (χ4v) is 3.66. The summed E-state index contributed by atoms with van der Waals surface area (Å²) in [5.74, 6) is 0. The number of rotatable bonds is 5. The van der Waals surface area contributed by atoms with Crippen molar-refractivity contribution in [3.05, 3.63) is 50.7 Å². The topological polar surface area (TPSA) is 141 Å². The molecule has 1 aliphatic carbocycles. The normalized spacial score (nSPS) is 24.3. The molecule has 1 fully saturated rings. The second kappa shape index (κ2) is 7.34. The number of aryl methyl sites for hydroxylation is 1. The standard InChI is InChI=1S/C13H16N6O3S/c1-9-2-4-13(5-3-9)23(20,21)22-12-7-10(16-18-14)6-11(8-12)17-19-15/h2-5,10-12H,6-8H2,1H3/t10-,11+,12?. The van der Waals surface area contributed by atoms with Crippen LogP contribution in [0, 0.1) is 6.92 Å². The van der Waals surface area contributed by atoms with Crippen molar-refractivity contribution in [2.75, 3.05) is 0 Å². The highest BCUT2D eigenvalue weighted by Crippen LogP contribution is 2.29. The third kappa shape index (κ3) is 4.61. The molecular formula is C13H16N6O3S. The summed E-state index contributed by atoms with van der Waals surface area (Å²) in [6.07, 6.45) is 0.235. The number of benzene rings is 1. The monoisotopic (exact) mass is 336 g/mol.